The van der Waals surface area contributed by atoms with Crippen LogP contribution in [0.15, 0.2) is 60.7 Å². The van der Waals surface area contributed by atoms with E-state index in [9.17, 15) is 22.0 Å². The molecule has 4 rings (SSSR count). The summed E-state index contributed by atoms with van der Waals surface area (Å²) in [6.07, 6.45) is 0. The lowest BCUT2D eigenvalue weighted by molar-refractivity contribution is 0.376. The Bertz CT molecular complexity index is 1070. The first-order chi connectivity index (χ1) is 13.5. The minimum absolute atomic E-state index is 0.0670. The van der Waals surface area contributed by atoms with E-state index in [0.29, 0.717) is 11.1 Å². The minimum atomic E-state index is -2.23. The zero-order chi connectivity index (χ0) is 19.8. The Labute approximate surface area is 155 Å². The van der Waals surface area contributed by atoms with Gasteiger partial charge >= 0.3 is 0 Å². The average molecular weight is 387 g/mol. The molecule has 0 amide bonds. The van der Waals surface area contributed by atoms with Crippen molar-refractivity contribution in [3.8, 4) is 28.5 Å². The maximum atomic E-state index is 14.6. The SMILES string of the molecule is Fc1c(F)c(F)c(-n2c(-c3ccccc3)nnc2-c2ccccc2)c(F)c1F. The zero-order valence-corrected chi connectivity index (χ0v) is 14.0. The van der Waals surface area contributed by atoms with Crippen LogP contribution < -0.4 is 0 Å². The molecule has 0 spiro atoms. The van der Waals surface area contributed by atoms with Gasteiger partial charge in [-0.05, 0) is 0 Å². The second-order valence-corrected chi connectivity index (χ2v) is 5.83. The van der Waals surface area contributed by atoms with Crippen LogP contribution in [0.5, 0.6) is 0 Å². The highest BCUT2D eigenvalue weighted by atomic mass is 19.2. The topological polar surface area (TPSA) is 30.7 Å². The third kappa shape index (κ3) is 2.74. The van der Waals surface area contributed by atoms with E-state index in [0.717, 1.165) is 4.57 Å². The second-order valence-electron chi connectivity index (χ2n) is 5.83. The maximum Gasteiger partial charge on any atom is 0.200 e. The van der Waals surface area contributed by atoms with Crippen molar-refractivity contribution in [2.24, 2.45) is 0 Å². The summed E-state index contributed by atoms with van der Waals surface area (Å²) in [5, 5.41) is 7.89. The Kier molecular flexibility index (Phi) is 4.38. The van der Waals surface area contributed by atoms with Crippen molar-refractivity contribution in [2.45, 2.75) is 0 Å². The van der Waals surface area contributed by atoms with E-state index in [1.165, 1.54) is 0 Å². The molecule has 3 aromatic carbocycles. The third-order valence-electron chi connectivity index (χ3n) is 4.14. The molecular weight excluding hydrogens is 377 g/mol. The van der Waals surface area contributed by atoms with E-state index in [1.807, 2.05) is 0 Å². The predicted octanol–water partition coefficient (Wildman–Crippen LogP) is 5.30. The lowest BCUT2D eigenvalue weighted by Crippen LogP contribution is -2.12. The normalized spacial score (nSPS) is 11.0. The van der Waals surface area contributed by atoms with Crippen LogP contribution >= 0.6 is 0 Å². The Morgan fingerprint density at radius 1 is 0.500 bits per heavy atom. The van der Waals surface area contributed by atoms with Gasteiger partial charge in [0.1, 0.15) is 5.69 Å². The molecule has 0 aliphatic carbocycles. The van der Waals surface area contributed by atoms with Crippen molar-refractivity contribution in [1.29, 1.82) is 0 Å². The van der Waals surface area contributed by atoms with Gasteiger partial charge in [0.15, 0.2) is 34.9 Å². The molecule has 0 saturated carbocycles. The first-order valence-corrected chi connectivity index (χ1v) is 8.08. The van der Waals surface area contributed by atoms with E-state index in [-0.39, 0.29) is 11.6 Å². The molecule has 0 bridgehead atoms. The molecule has 1 heterocycles. The first-order valence-electron chi connectivity index (χ1n) is 8.08. The van der Waals surface area contributed by atoms with Crippen molar-refractivity contribution in [2.75, 3.05) is 0 Å². The maximum absolute atomic E-state index is 14.6. The Balaban J connectivity index is 2.11. The fourth-order valence-electron chi connectivity index (χ4n) is 2.83. The fourth-order valence-corrected chi connectivity index (χ4v) is 2.83. The van der Waals surface area contributed by atoms with Gasteiger partial charge in [-0.2, -0.15) is 0 Å². The molecular formula is C20H10F5N3. The molecule has 0 aliphatic rings. The highest BCUT2D eigenvalue weighted by molar-refractivity contribution is 5.67. The minimum Gasteiger partial charge on any atom is -0.269 e. The highest BCUT2D eigenvalue weighted by Crippen LogP contribution is 2.33. The molecule has 0 aliphatic heterocycles. The third-order valence-corrected chi connectivity index (χ3v) is 4.14. The zero-order valence-electron chi connectivity index (χ0n) is 14.0. The number of nitrogens with zero attached hydrogens (tertiary/aromatic N) is 3. The van der Waals surface area contributed by atoms with E-state index in [1.54, 1.807) is 60.7 Å². The van der Waals surface area contributed by atoms with Gasteiger partial charge in [-0.3, -0.25) is 4.57 Å². The summed E-state index contributed by atoms with van der Waals surface area (Å²) in [4.78, 5) is 0. The van der Waals surface area contributed by atoms with Crippen LogP contribution in [0.1, 0.15) is 0 Å². The molecule has 28 heavy (non-hydrogen) atoms. The molecule has 3 nitrogen and oxygen atoms in total. The van der Waals surface area contributed by atoms with Crippen LogP contribution in [-0.4, -0.2) is 14.8 Å². The summed E-state index contributed by atoms with van der Waals surface area (Å²) < 4.78 is 71.2. The van der Waals surface area contributed by atoms with Crippen LogP contribution in [0.2, 0.25) is 0 Å². The van der Waals surface area contributed by atoms with Gasteiger partial charge in [0.2, 0.25) is 5.82 Å². The molecule has 4 aromatic rings. The van der Waals surface area contributed by atoms with Crippen LogP contribution in [-0.2, 0) is 0 Å². The summed E-state index contributed by atoms with van der Waals surface area (Å²) in [6.45, 7) is 0. The van der Waals surface area contributed by atoms with Crippen molar-refractivity contribution >= 4 is 0 Å². The van der Waals surface area contributed by atoms with Crippen molar-refractivity contribution < 1.29 is 22.0 Å². The standard InChI is InChI=1S/C20H10F5N3/c21-13-14(22)16(24)18(17(25)15(13)23)28-19(11-7-3-1-4-8-11)26-27-20(28)12-9-5-2-6-10-12/h1-10H. The van der Waals surface area contributed by atoms with Gasteiger partial charge in [0.05, 0.1) is 0 Å². The fraction of sp³-hybridized carbons (Fsp3) is 0. The number of hydrogen-bond donors (Lipinski definition) is 0. The Morgan fingerprint density at radius 2 is 0.857 bits per heavy atom. The van der Waals surface area contributed by atoms with Crippen molar-refractivity contribution in [3.63, 3.8) is 0 Å². The van der Waals surface area contributed by atoms with E-state index < -0.39 is 34.8 Å². The number of hydrogen-bond acceptors (Lipinski definition) is 2. The highest BCUT2D eigenvalue weighted by Gasteiger charge is 2.30. The van der Waals surface area contributed by atoms with Crippen molar-refractivity contribution in [3.05, 3.63) is 89.7 Å². The van der Waals surface area contributed by atoms with E-state index in [2.05, 4.69) is 10.2 Å². The van der Waals surface area contributed by atoms with Crippen LogP contribution in [0.3, 0.4) is 0 Å². The number of aromatic nitrogens is 3. The molecule has 0 saturated heterocycles. The van der Waals surface area contributed by atoms with Gasteiger partial charge in [0.25, 0.3) is 0 Å². The number of halogens is 5. The van der Waals surface area contributed by atoms with Gasteiger partial charge < -0.3 is 0 Å². The van der Waals surface area contributed by atoms with Crippen LogP contribution in [0.25, 0.3) is 28.5 Å². The quantitative estimate of drug-likeness (QED) is 0.271. The van der Waals surface area contributed by atoms with Gasteiger partial charge in [-0.1, -0.05) is 60.7 Å². The Hall–Kier alpha value is -3.55. The molecule has 8 heteroatoms. The van der Waals surface area contributed by atoms with Crippen LogP contribution in [0, 0.1) is 29.1 Å². The summed E-state index contributed by atoms with van der Waals surface area (Å²) >= 11 is 0. The molecule has 0 fully saturated rings. The van der Waals surface area contributed by atoms with E-state index in [4.69, 9.17) is 0 Å². The van der Waals surface area contributed by atoms with Crippen molar-refractivity contribution in [1.82, 2.24) is 14.8 Å². The molecule has 0 atom stereocenters. The molecule has 0 N–H and O–H groups in total. The van der Waals surface area contributed by atoms with E-state index >= 15 is 0 Å². The second kappa shape index (κ2) is 6.88. The molecule has 0 unspecified atom stereocenters. The number of benzene rings is 3. The predicted molar refractivity (Wildman–Crippen MR) is 92.0 cm³/mol. The summed E-state index contributed by atoms with van der Waals surface area (Å²) in [6, 6.07) is 16.3. The molecule has 1 aromatic heterocycles. The lowest BCUT2D eigenvalue weighted by Gasteiger charge is -2.14. The van der Waals surface area contributed by atoms with Crippen LogP contribution in [0.4, 0.5) is 22.0 Å². The first kappa shape index (κ1) is 17.8. The van der Waals surface area contributed by atoms with Gasteiger partial charge in [-0.15, -0.1) is 10.2 Å². The number of rotatable bonds is 3. The summed E-state index contributed by atoms with van der Waals surface area (Å²) in [5.74, 6) is -10.4. The average Bonchev–Trinajstić information content (AvgIpc) is 3.17. The summed E-state index contributed by atoms with van der Waals surface area (Å²) in [7, 11) is 0. The lowest BCUT2D eigenvalue weighted by atomic mass is 10.1. The smallest absolute Gasteiger partial charge is 0.200 e. The molecule has 140 valence electrons. The summed E-state index contributed by atoms with van der Waals surface area (Å²) in [5.41, 5.74) is -0.360. The van der Waals surface area contributed by atoms with Gasteiger partial charge in [-0.25, -0.2) is 22.0 Å². The van der Waals surface area contributed by atoms with Gasteiger partial charge in [0, 0.05) is 11.1 Å². The monoisotopic (exact) mass is 387 g/mol. The Morgan fingerprint density at radius 3 is 1.25 bits per heavy atom. The molecule has 0 radical (unpaired) electrons. The largest absolute Gasteiger partial charge is 0.269 e.